The molecule has 1 N–H and O–H groups in total. The molecule has 2 rings (SSSR count). The predicted octanol–water partition coefficient (Wildman–Crippen LogP) is 2.75. The van der Waals surface area contributed by atoms with E-state index in [1.807, 2.05) is 0 Å². The molecule has 0 radical (unpaired) electrons. The van der Waals surface area contributed by atoms with E-state index in [4.69, 9.17) is 11.6 Å². The summed E-state index contributed by atoms with van der Waals surface area (Å²) in [5.74, 6) is 0. The molecule has 1 aromatic carbocycles. The van der Waals surface area contributed by atoms with Crippen molar-refractivity contribution >= 4 is 54.0 Å². The van der Waals surface area contributed by atoms with Crippen LogP contribution in [0.2, 0.25) is 5.02 Å². The Morgan fingerprint density at radius 2 is 2.18 bits per heavy atom. The Labute approximate surface area is 115 Å². The first-order valence-corrected chi connectivity index (χ1v) is 7.76. The second-order valence-electron chi connectivity index (χ2n) is 2.92. The van der Waals surface area contributed by atoms with E-state index >= 15 is 0 Å². The van der Waals surface area contributed by atoms with Gasteiger partial charge in [0.05, 0.1) is 5.02 Å². The highest BCUT2D eigenvalue weighted by Crippen LogP contribution is 2.27. The third kappa shape index (κ3) is 2.95. The van der Waals surface area contributed by atoms with Crippen molar-refractivity contribution in [3.05, 3.63) is 33.2 Å². The highest BCUT2D eigenvalue weighted by molar-refractivity contribution is 9.10. The molecule has 0 aliphatic heterocycles. The zero-order valence-electron chi connectivity index (χ0n) is 8.09. The van der Waals surface area contributed by atoms with Crippen LogP contribution in [-0.2, 0) is 10.0 Å². The monoisotopic (exact) mass is 353 g/mol. The molecule has 0 atom stereocenters. The minimum Gasteiger partial charge on any atom is -0.253 e. The van der Waals surface area contributed by atoms with E-state index in [1.165, 1.54) is 17.6 Å². The van der Waals surface area contributed by atoms with E-state index in [0.29, 0.717) is 4.47 Å². The van der Waals surface area contributed by atoms with Crippen LogP contribution in [0.4, 0.5) is 5.13 Å². The van der Waals surface area contributed by atoms with E-state index in [1.54, 1.807) is 6.07 Å². The van der Waals surface area contributed by atoms with Gasteiger partial charge in [-0.1, -0.05) is 38.9 Å². The Balaban J connectivity index is 2.38. The molecule has 0 aliphatic carbocycles. The van der Waals surface area contributed by atoms with Crippen LogP contribution in [0.5, 0.6) is 0 Å². The fourth-order valence-electron chi connectivity index (χ4n) is 1.08. The minimum atomic E-state index is -3.73. The van der Waals surface area contributed by atoms with Gasteiger partial charge in [0, 0.05) is 4.47 Å². The maximum atomic E-state index is 12.0. The van der Waals surface area contributed by atoms with E-state index in [9.17, 15) is 8.42 Å². The molecule has 0 fully saturated rings. The maximum Gasteiger partial charge on any atom is 0.265 e. The second-order valence-corrected chi connectivity index (χ2v) is 6.73. The highest BCUT2D eigenvalue weighted by Gasteiger charge is 2.19. The number of halogens is 2. The number of benzene rings is 1. The molecule has 0 unspecified atom stereocenters. The summed E-state index contributed by atoms with van der Waals surface area (Å²) < 4.78 is 26.9. The smallest absolute Gasteiger partial charge is 0.253 e. The summed E-state index contributed by atoms with van der Waals surface area (Å²) >= 11 is 10.2. The van der Waals surface area contributed by atoms with Gasteiger partial charge in [-0.25, -0.2) is 8.42 Å². The molecular weight excluding hydrogens is 350 g/mol. The molecule has 0 saturated carbocycles. The van der Waals surface area contributed by atoms with Gasteiger partial charge in [0.25, 0.3) is 10.0 Å². The second kappa shape index (κ2) is 4.89. The van der Waals surface area contributed by atoms with Crippen LogP contribution in [0.25, 0.3) is 0 Å². The number of aromatic nitrogens is 2. The van der Waals surface area contributed by atoms with E-state index in [-0.39, 0.29) is 15.0 Å². The number of anilines is 1. The van der Waals surface area contributed by atoms with Gasteiger partial charge in [-0.2, -0.15) is 0 Å². The minimum absolute atomic E-state index is 0.00225. The fourth-order valence-corrected chi connectivity index (χ4v) is 3.81. The standard InChI is InChI=1S/C8H5BrClN3O2S2/c9-5-1-2-7(6(10)3-5)17(14,15)13-8-12-11-4-16-8/h1-4H,(H,12,13). The molecule has 17 heavy (non-hydrogen) atoms. The van der Waals surface area contributed by atoms with Crippen LogP contribution < -0.4 is 4.72 Å². The number of nitrogens with one attached hydrogen (secondary N) is 1. The van der Waals surface area contributed by atoms with Gasteiger partial charge in [0.15, 0.2) is 0 Å². The van der Waals surface area contributed by atoms with Gasteiger partial charge in [-0.05, 0) is 18.2 Å². The predicted molar refractivity (Wildman–Crippen MR) is 69.9 cm³/mol. The Morgan fingerprint density at radius 3 is 2.76 bits per heavy atom. The van der Waals surface area contributed by atoms with Crippen molar-refractivity contribution in [2.45, 2.75) is 4.90 Å². The van der Waals surface area contributed by atoms with E-state index in [2.05, 4.69) is 30.8 Å². The van der Waals surface area contributed by atoms with Gasteiger partial charge in [-0.3, -0.25) is 4.72 Å². The molecule has 0 spiro atoms. The third-order valence-corrected chi connectivity index (χ3v) is 4.82. The average Bonchev–Trinajstić information content (AvgIpc) is 2.68. The fraction of sp³-hybridized carbons (Fsp3) is 0. The van der Waals surface area contributed by atoms with Crippen molar-refractivity contribution in [1.29, 1.82) is 0 Å². The zero-order valence-corrected chi connectivity index (χ0v) is 12.1. The quantitative estimate of drug-likeness (QED) is 0.920. The summed E-state index contributed by atoms with van der Waals surface area (Å²) in [6, 6.07) is 4.52. The van der Waals surface area contributed by atoms with Crippen molar-refractivity contribution in [2.24, 2.45) is 0 Å². The molecule has 2 aromatic rings. The van der Waals surface area contributed by atoms with Crippen molar-refractivity contribution in [2.75, 3.05) is 4.72 Å². The van der Waals surface area contributed by atoms with Crippen molar-refractivity contribution in [3.8, 4) is 0 Å². The molecule has 0 bridgehead atoms. The van der Waals surface area contributed by atoms with Crippen LogP contribution in [0.1, 0.15) is 0 Å². The van der Waals surface area contributed by atoms with Crippen LogP contribution in [0.15, 0.2) is 33.1 Å². The number of nitrogens with zero attached hydrogens (tertiary/aromatic N) is 2. The van der Waals surface area contributed by atoms with Gasteiger partial charge in [0.2, 0.25) is 5.13 Å². The SMILES string of the molecule is O=S(=O)(Nc1nncs1)c1ccc(Br)cc1Cl. The lowest BCUT2D eigenvalue weighted by atomic mass is 10.4. The van der Waals surface area contributed by atoms with Gasteiger partial charge >= 0.3 is 0 Å². The zero-order chi connectivity index (χ0) is 12.5. The first-order chi connectivity index (χ1) is 7.99. The summed E-state index contributed by atoms with van der Waals surface area (Å²) in [6.07, 6.45) is 0. The number of sulfonamides is 1. The lowest BCUT2D eigenvalue weighted by molar-refractivity contribution is 0.601. The topological polar surface area (TPSA) is 72.0 Å². The molecule has 1 aromatic heterocycles. The Hall–Kier alpha value is -0.700. The first kappa shape index (κ1) is 12.7. The molecule has 5 nitrogen and oxygen atoms in total. The van der Waals surface area contributed by atoms with Gasteiger partial charge in [0.1, 0.15) is 10.4 Å². The van der Waals surface area contributed by atoms with Crippen molar-refractivity contribution in [3.63, 3.8) is 0 Å². The van der Waals surface area contributed by atoms with Crippen LogP contribution in [0, 0.1) is 0 Å². The lowest BCUT2D eigenvalue weighted by Crippen LogP contribution is -2.13. The largest absolute Gasteiger partial charge is 0.265 e. The first-order valence-electron chi connectivity index (χ1n) is 4.23. The van der Waals surface area contributed by atoms with E-state index in [0.717, 1.165) is 11.3 Å². The summed E-state index contributed by atoms with van der Waals surface area (Å²) in [5, 5.41) is 7.47. The van der Waals surface area contributed by atoms with Crippen molar-refractivity contribution in [1.82, 2.24) is 10.2 Å². The number of hydrogen-bond acceptors (Lipinski definition) is 5. The summed E-state index contributed by atoms with van der Waals surface area (Å²) in [5.41, 5.74) is 1.43. The van der Waals surface area contributed by atoms with Crippen LogP contribution in [0.3, 0.4) is 0 Å². The Bertz CT molecular complexity index is 630. The third-order valence-electron chi connectivity index (χ3n) is 1.77. The van der Waals surface area contributed by atoms with Gasteiger partial charge in [-0.15, -0.1) is 10.2 Å². The normalized spacial score (nSPS) is 11.4. The van der Waals surface area contributed by atoms with Crippen LogP contribution in [-0.4, -0.2) is 18.6 Å². The Morgan fingerprint density at radius 1 is 1.41 bits per heavy atom. The van der Waals surface area contributed by atoms with Crippen LogP contribution >= 0.6 is 38.9 Å². The molecule has 1 heterocycles. The van der Waals surface area contributed by atoms with Crippen molar-refractivity contribution < 1.29 is 8.42 Å². The molecule has 0 aliphatic rings. The summed E-state index contributed by atoms with van der Waals surface area (Å²) in [4.78, 5) is -0.00225. The Kier molecular flexibility index (Phi) is 3.67. The number of rotatable bonds is 3. The highest BCUT2D eigenvalue weighted by atomic mass is 79.9. The number of hydrogen-bond donors (Lipinski definition) is 1. The molecule has 9 heteroatoms. The molecule has 90 valence electrons. The average molecular weight is 355 g/mol. The molecular formula is C8H5BrClN3O2S2. The molecule has 0 amide bonds. The van der Waals surface area contributed by atoms with E-state index < -0.39 is 10.0 Å². The maximum absolute atomic E-state index is 12.0. The summed E-state index contributed by atoms with van der Waals surface area (Å²) in [6.45, 7) is 0. The summed E-state index contributed by atoms with van der Waals surface area (Å²) in [7, 11) is -3.73. The van der Waals surface area contributed by atoms with Gasteiger partial charge < -0.3 is 0 Å². The lowest BCUT2D eigenvalue weighted by Gasteiger charge is -2.06. The molecule has 0 saturated heterocycles.